The number of hydrogen-bond acceptors (Lipinski definition) is 4. The van der Waals surface area contributed by atoms with Gasteiger partial charge in [-0.2, -0.15) is 0 Å². The first kappa shape index (κ1) is 16.9. The van der Waals surface area contributed by atoms with E-state index >= 15 is 0 Å². The summed E-state index contributed by atoms with van der Waals surface area (Å²) in [6, 6.07) is 8.46. The monoisotopic (exact) mass is 299 g/mol. The number of ketones is 1. The smallest absolute Gasteiger partial charge is 0.298 e. The molecule has 0 amide bonds. The van der Waals surface area contributed by atoms with Gasteiger partial charge in [0.05, 0.1) is 19.3 Å². The minimum absolute atomic E-state index is 0.103. The molecular weight excluding hydrogens is 277 g/mol. The second-order valence-corrected chi connectivity index (χ2v) is 6.16. The van der Waals surface area contributed by atoms with Gasteiger partial charge < -0.3 is 0 Å². The van der Waals surface area contributed by atoms with Gasteiger partial charge in [-0.1, -0.05) is 18.2 Å². The van der Waals surface area contributed by atoms with Crippen LogP contribution in [0.4, 0.5) is 5.69 Å². The van der Waals surface area contributed by atoms with Crippen LogP contribution in [-0.2, 0) is 18.4 Å². The zero-order valence-electron chi connectivity index (χ0n) is 12.4. The highest BCUT2D eigenvalue weighted by Gasteiger charge is 2.38. The molecule has 0 spiro atoms. The van der Waals surface area contributed by atoms with Gasteiger partial charge in [0.2, 0.25) is 0 Å². The van der Waals surface area contributed by atoms with Gasteiger partial charge in [-0.15, -0.1) is 0 Å². The van der Waals surface area contributed by atoms with Crippen molar-refractivity contribution in [3.8, 4) is 0 Å². The Balaban J connectivity index is 3.28. The summed E-state index contributed by atoms with van der Waals surface area (Å²) in [6.45, 7) is 7.12. The Bertz CT molecular complexity index is 467. The fraction of sp³-hybridized carbons (Fsp3) is 0.500. The molecule has 0 aliphatic heterocycles. The van der Waals surface area contributed by atoms with E-state index < -0.39 is 13.8 Å². The van der Waals surface area contributed by atoms with Gasteiger partial charge in [0, 0.05) is 5.69 Å². The molecule has 1 atom stereocenters. The summed E-state index contributed by atoms with van der Waals surface area (Å²) in [4.78, 5) is 11.7. The van der Waals surface area contributed by atoms with Gasteiger partial charge in [-0.3, -0.25) is 18.5 Å². The van der Waals surface area contributed by atoms with Crippen LogP contribution < -0.4 is 4.67 Å². The third-order valence-corrected chi connectivity index (χ3v) is 5.10. The van der Waals surface area contributed by atoms with Crippen LogP contribution in [0.3, 0.4) is 0 Å². The van der Waals surface area contributed by atoms with Crippen molar-refractivity contribution in [2.75, 3.05) is 17.9 Å². The maximum atomic E-state index is 13.0. The fourth-order valence-corrected chi connectivity index (χ4v) is 3.80. The summed E-state index contributed by atoms with van der Waals surface area (Å²) in [7, 11) is -3.55. The van der Waals surface area contributed by atoms with E-state index in [0.29, 0.717) is 5.69 Å². The van der Waals surface area contributed by atoms with E-state index in [1.54, 1.807) is 32.9 Å². The maximum Gasteiger partial charge on any atom is 0.435 e. The van der Waals surface area contributed by atoms with Gasteiger partial charge in [0.15, 0.2) is 5.78 Å². The number of nitrogens with zero attached hydrogens (tertiary/aromatic N) is 1. The lowest BCUT2D eigenvalue weighted by atomic mass is 10.2. The Morgan fingerprint density at radius 3 is 2.10 bits per heavy atom. The molecule has 0 radical (unpaired) electrons. The first-order chi connectivity index (χ1) is 9.46. The molecule has 0 aromatic heterocycles. The van der Waals surface area contributed by atoms with E-state index in [2.05, 4.69) is 0 Å². The van der Waals surface area contributed by atoms with E-state index in [1.165, 1.54) is 11.6 Å². The van der Waals surface area contributed by atoms with Crippen molar-refractivity contribution in [2.24, 2.45) is 0 Å². The Hall–Kier alpha value is -1.16. The Morgan fingerprint density at radius 2 is 1.70 bits per heavy atom. The van der Waals surface area contributed by atoms with Crippen molar-refractivity contribution < 1.29 is 18.4 Å². The third kappa shape index (κ3) is 3.92. The van der Waals surface area contributed by atoms with Crippen LogP contribution in [0.1, 0.15) is 27.7 Å². The van der Waals surface area contributed by atoms with Gasteiger partial charge in [-0.25, -0.2) is 4.57 Å². The number of para-hydroxylation sites is 1. The number of anilines is 1. The van der Waals surface area contributed by atoms with Crippen LogP contribution >= 0.6 is 7.75 Å². The topological polar surface area (TPSA) is 55.8 Å². The van der Waals surface area contributed by atoms with Crippen LogP contribution in [0.2, 0.25) is 0 Å². The Labute approximate surface area is 120 Å². The van der Waals surface area contributed by atoms with Crippen LogP contribution in [0, 0.1) is 0 Å². The SMILES string of the molecule is CCOP(=O)(OCC)N(c1ccccc1)C(C)C(C)=O. The molecule has 1 rings (SSSR count). The number of Topliss-reactive ketones (excluding diaryl/α,β-unsaturated/α-hetero) is 1. The molecule has 0 aliphatic carbocycles. The minimum Gasteiger partial charge on any atom is -0.298 e. The molecule has 20 heavy (non-hydrogen) atoms. The summed E-state index contributed by atoms with van der Waals surface area (Å²) >= 11 is 0. The van der Waals surface area contributed by atoms with Crippen molar-refractivity contribution in [1.82, 2.24) is 0 Å². The molecule has 112 valence electrons. The number of hydrogen-bond donors (Lipinski definition) is 0. The molecular formula is C14H22NO4P. The maximum absolute atomic E-state index is 13.0. The van der Waals surface area contributed by atoms with Crippen molar-refractivity contribution in [3.63, 3.8) is 0 Å². The average Bonchev–Trinajstić information content (AvgIpc) is 2.40. The van der Waals surface area contributed by atoms with Crippen molar-refractivity contribution >= 4 is 19.2 Å². The van der Waals surface area contributed by atoms with E-state index in [1.807, 2.05) is 18.2 Å². The Morgan fingerprint density at radius 1 is 1.20 bits per heavy atom. The van der Waals surface area contributed by atoms with Crippen LogP contribution in [0.15, 0.2) is 30.3 Å². The molecule has 0 saturated carbocycles. The van der Waals surface area contributed by atoms with Crippen molar-refractivity contribution in [1.29, 1.82) is 0 Å². The molecule has 0 saturated heterocycles. The van der Waals surface area contributed by atoms with Crippen LogP contribution in [0.5, 0.6) is 0 Å². The molecule has 0 bridgehead atoms. The highest BCUT2D eigenvalue weighted by molar-refractivity contribution is 7.55. The minimum atomic E-state index is -3.55. The lowest BCUT2D eigenvalue weighted by Crippen LogP contribution is -2.36. The first-order valence-corrected chi connectivity index (χ1v) is 8.20. The molecule has 0 N–H and O–H groups in total. The van der Waals surface area contributed by atoms with Crippen molar-refractivity contribution in [2.45, 2.75) is 33.7 Å². The molecule has 5 nitrogen and oxygen atoms in total. The predicted octanol–water partition coefficient (Wildman–Crippen LogP) is 3.65. The third-order valence-electron chi connectivity index (χ3n) is 2.82. The van der Waals surface area contributed by atoms with Gasteiger partial charge >= 0.3 is 7.75 Å². The normalized spacial score (nSPS) is 13.0. The lowest BCUT2D eigenvalue weighted by Gasteiger charge is -2.34. The summed E-state index contributed by atoms with van der Waals surface area (Å²) in [6.07, 6.45) is 0. The highest BCUT2D eigenvalue weighted by atomic mass is 31.2. The van der Waals surface area contributed by atoms with E-state index in [9.17, 15) is 9.36 Å². The quantitative estimate of drug-likeness (QED) is 0.686. The number of carbonyl (C=O) groups is 1. The molecule has 1 unspecified atom stereocenters. The largest absolute Gasteiger partial charge is 0.435 e. The second kappa shape index (κ2) is 7.58. The number of benzene rings is 1. The van der Waals surface area contributed by atoms with Gasteiger partial charge in [-0.05, 0) is 39.8 Å². The van der Waals surface area contributed by atoms with Crippen LogP contribution in [-0.4, -0.2) is 25.0 Å². The van der Waals surface area contributed by atoms with Gasteiger partial charge in [0.1, 0.15) is 0 Å². The zero-order chi connectivity index (χ0) is 15.2. The van der Waals surface area contributed by atoms with Crippen molar-refractivity contribution in [3.05, 3.63) is 30.3 Å². The molecule has 6 heteroatoms. The average molecular weight is 299 g/mol. The standard InChI is InChI=1S/C14H22NO4P/c1-5-18-20(17,19-6-2)15(12(3)13(4)16)14-10-8-7-9-11-14/h7-12H,5-6H2,1-4H3. The van der Waals surface area contributed by atoms with E-state index in [-0.39, 0.29) is 19.0 Å². The van der Waals surface area contributed by atoms with E-state index in [0.717, 1.165) is 0 Å². The van der Waals surface area contributed by atoms with Gasteiger partial charge in [0.25, 0.3) is 0 Å². The van der Waals surface area contributed by atoms with Crippen LogP contribution in [0.25, 0.3) is 0 Å². The fourth-order valence-electron chi connectivity index (χ4n) is 1.82. The summed E-state index contributed by atoms with van der Waals surface area (Å²) in [5, 5.41) is 0. The lowest BCUT2D eigenvalue weighted by molar-refractivity contribution is -0.117. The molecule has 0 heterocycles. The molecule has 1 aromatic carbocycles. The Kier molecular flexibility index (Phi) is 6.40. The second-order valence-electron chi connectivity index (χ2n) is 4.27. The summed E-state index contributed by atoms with van der Waals surface area (Å²) in [5.74, 6) is -0.103. The predicted molar refractivity (Wildman–Crippen MR) is 79.9 cm³/mol. The summed E-state index contributed by atoms with van der Waals surface area (Å²) in [5.41, 5.74) is 0.639. The molecule has 0 fully saturated rings. The summed E-state index contributed by atoms with van der Waals surface area (Å²) < 4.78 is 25.2. The highest BCUT2D eigenvalue weighted by Crippen LogP contribution is 2.55. The van der Waals surface area contributed by atoms with E-state index in [4.69, 9.17) is 9.05 Å². The number of rotatable bonds is 8. The molecule has 0 aliphatic rings. The number of carbonyl (C=O) groups excluding carboxylic acids is 1. The zero-order valence-corrected chi connectivity index (χ0v) is 13.3. The molecule has 1 aromatic rings. The first-order valence-electron chi connectivity index (χ1n) is 6.70.